The predicted octanol–water partition coefficient (Wildman–Crippen LogP) is 5.79. The van der Waals surface area contributed by atoms with Gasteiger partial charge in [-0.3, -0.25) is 4.79 Å². The van der Waals surface area contributed by atoms with Crippen molar-refractivity contribution >= 4 is 11.0 Å². The van der Waals surface area contributed by atoms with Crippen LogP contribution in [0.4, 0.5) is 8.78 Å². The molecule has 0 amide bonds. The molecule has 0 saturated heterocycles. The minimum Gasteiger partial charge on any atom is -0.350 e. The van der Waals surface area contributed by atoms with Crippen LogP contribution in [0.3, 0.4) is 0 Å². The lowest BCUT2D eigenvalue weighted by atomic mass is 9.98. The Morgan fingerprint density at radius 1 is 1.03 bits per heavy atom. The number of benzene rings is 1. The zero-order valence-electron chi connectivity index (χ0n) is 21.4. The van der Waals surface area contributed by atoms with E-state index >= 15 is 4.39 Å². The molecule has 4 heterocycles. The van der Waals surface area contributed by atoms with E-state index in [1.165, 1.54) is 23.0 Å². The maximum Gasteiger partial charge on any atom is 0.283 e. The second-order valence-corrected chi connectivity index (χ2v) is 10.7. The molecule has 2 fully saturated rings. The number of nitrogens with one attached hydrogen (secondary N) is 1. The van der Waals surface area contributed by atoms with E-state index in [2.05, 4.69) is 20.2 Å². The van der Waals surface area contributed by atoms with Crippen LogP contribution in [0.15, 0.2) is 53.8 Å². The van der Waals surface area contributed by atoms with E-state index in [4.69, 9.17) is 4.98 Å². The van der Waals surface area contributed by atoms with E-state index in [1.54, 1.807) is 36.1 Å². The van der Waals surface area contributed by atoms with Gasteiger partial charge < -0.3 is 9.55 Å². The predicted molar refractivity (Wildman–Crippen MR) is 143 cm³/mol. The van der Waals surface area contributed by atoms with Crippen molar-refractivity contribution in [2.45, 2.75) is 50.6 Å². The van der Waals surface area contributed by atoms with Gasteiger partial charge in [-0.05, 0) is 73.1 Å². The summed E-state index contributed by atoms with van der Waals surface area (Å²) in [5.41, 5.74) is 3.74. The third-order valence-corrected chi connectivity index (χ3v) is 7.99. The largest absolute Gasteiger partial charge is 0.350 e. The SMILES string of the molecule is Cn1cnnc1-c1cc(F)ccc1-c1cc(C2CC2)nc(-n2cnc3cc(C(F)C4CCCC4)[nH]c3c2=O)c1. The summed E-state index contributed by atoms with van der Waals surface area (Å²) in [6.45, 7) is 0. The molecule has 2 aliphatic rings. The van der Waals surface area contributed by atoms with Crippen LogP contribution >= 0.6 is 0 Å². The fraction of sp³-hybridized carbons (Fsp3) is 0.345. The van der Waals surface area contributed by atoms with Gasteiger partial charge in [0.05, 0.1) is 11.2 Å². The van der Waals surface area contributed by atoms with Crippen molar-refractivity contribution in [3.05, 3.63) is 76.6 Å². The Morgan fingerprint density at radius 2 is 1.85 bits per heavy atom. The summed E-state index contributed by atoms with van der Waals surface area (Å²) in [5, 5.41) is 8.15. The zero-order valence-corrected chi connectivity index (χ0v) is 21.4. The summed E-state index contributed by atoms with van der Waals surface area (Å²) < 4.78 is 32.7. The highest BCUT2D eigenvalue weighted by atomic mass is 19.1. The first-order valence-corrected chi connectivity index (χ1v) is 13.4. The van der Waals surface area contributed by atoms with Crippen LogP contribution in [-0.4, -0.2) is 34.3 Å². The average Bonchev–Trinajstić information content (AvgIpc) is 3.28. The van der Waals surface area contributed by atoms with E-state index in [1.807, 2.05) is 6.07 Å². The van der Waals surface area contributed by atoms with E-state index in [0.29, 0.717) is 34.3 Å². The van der Waals surface area contributed by atoms with Crippen LogP contribution < -0.4 is 5.56 Å². The molecule has 1 unspecified atom stereocenters. The number of fused-ring (bicyclic) bond motifs is 1. The van der Waals surface area contributed by atoms with Gasteiger partial charge in [0.1, 0.15) is 36.0 Å². The maximum atomic E-state index is 15.2. The topological polar surface area (TPSA) is 94.3 Å². The third-order valence-electron chi connectivity index (χ3n) is 7.99. The lowest BCUT2D eigenvalue weighted by Crippen LogP contribution is -2.20. The fourth-order valence-electron chi connectivity index (χ4n) is 5.72. The van der Waals surface area contributed by atoms with E-state index in [0.717, 1.165) is 55.3 Å². The van der Waals surface area contributed by atoms with Crippen LogP contribution in [0.25, 0.3) is 39.4 Å². The highest BCUT2D eigenvalue weighted by molar-refractivity contribution is 5.82. The van der Waals surface area contributed by atoms with Crippen molar-refractivity contribution in [1.29, 1.82) is 0 Å². The molecule has 39 heavy (non-hydrogen) atoms. The van der Waals surface area contributed by atoms with Crippen LogP contribution in [0, 0.1) is 11.7 Å². The number of halogens is 2. The molecule has 5 aromatic rings. The number of pyridine rings is 1. The van der Waals surface area contributed by atoms with Gasteiger partial charge in [0.25, 0.3) is 5.56 Å². The van der Waals surface area contributed by atoms with E-state index in [-0.39, 0.29) is 22.8 Å². The number of H-pyrrole nitrogens is 1. The van der Waals surface area contributed by atoms with Gasteiger partial charge in [0.15, 0.2) is 5.82 Å². The minimum absolute atomic E-state index is 0.0291. The monoisotopic (exact) mass is 527 g/mol. The van der Waals surface area contributed by atoms with Crippen molar-refractivity contribution in [3.63, 3.8) is 0 Å². The van der Waals surface area contributed by atoms with Crippen LogP contribution in [-0.2, 0) is 7.05 Å². The molecule has 0 bridgehead atoms. The number of hydrogen-bond acceptors (Lipinski definition) is 5. The highest BCUT2D eigenvalue weighted by Gasteiger charge is 2.29. The highest BCUT2D eigenvalue weighted by Crippen LogP contribution is 2.42. The van der Waals surface area contributed by atoms with Crippen molar-refractivity contribution in [2.24, 2.45) is 13.0 Å². The number of hydrogen-bond donors (Lipinski definition) is 1. The second-order valence-electron chi connectivity index (χ2n) is 10.7. The number of nitrogens with zero attached hydrogens (tertiary/aromatic N) is 6. The minimum atomic E-state index is -1.14. The number of alkyl halides is 1. The molecule has 4 aromatic heterocycles. The summed E-state index contributed by atoms with van der Waals surface area (Å²) in [4.78, 5) is 26.0. The number of aromatic amines is 1. The van der Waals surface area contributed by atoms with Gasteiger partial charge in [-0.15, -0.1) is 10.2 Å². The van der Waals surface area contributed by atoms with Crippen molar-refractivity contribution in [1.82, 2.24) is 34.3 Å². The lowest BCUT2D eigenvalue weighted by molar-refractivity contribution is 0.230. The number of aryl methyl sites for hydroxylation is 1. The molecule has 8 nitrogen and oxygen atoms in total. The molecule has 10 heteroatoms. The Morgan fingerprint density at radius 3 is 2.59 bits per heavy atom. The molecule has 1 N–H and O–H groups in total. The Balaban J connectivity index is 1.35. The van der Waals surface area contributed by atoms with Crippen LogP contribution in [0.2, 0.25) is 0 Å². The van der Waals surface area contributed by atoms with Crippen molar-refractivity contribution in [2.75, 3.05) is 0 Å². The molecule has 7 rings (SSSR count). The summed E-state index contributed by atoms with van der Waals surface area (Å²) in [6, 6.07) is 10.00. The quantitative estimate of drug-likeness (QED) is 0.302. The molecule has 2 saturated carbocycles. The molecule has 2 aliphatic carbocycles. The van der Waals surface area contributed by atoms with E-state index < -0.39 is 6.17 Å². The van der Waals surface area contributed by atoms with Gasteiger partial charge in [0, 0.05) is 24.2 Å². The first-order chi connectivity index (χ1) is 19.0. The van der Waals surface area contributed by atoms with E-state index in [9.17, 15) is 9.18 Å². The van der Waals surface area contributed by atoms with Gasteiger partial charge in [-0.2, -0.15) is 0 Å². The van der Waals surface area contributed by atoms with Crippen LogP contribution in [0.1, 0.15) is 62.0 Å². The molecular weight excluding hydrogens is 500 g/mol. The molecule has 1 atom stereocenters. The number of rotatable bonds is 6. The zero-order chi connectivity index (χ0) is 26.7. The Labute approximate surface area is 222 Å². The molecule has 1 aromatic carbocycles. The summed E-state index contributed by atoms with van der Waals surface area (Å²) >= 11 is 0. The second kappa shape index (κ2) is 9.21. The van der Waals surface area contributed by atoms with Gasteiger partial charge in [-0.1, -0.05) is 18.9 Å². The first kappa shape index (κ1) is 23.9. The molecule has 0 aliphatic heterocycles. The van der Waals surface area contributed by atoms with Gasteiger partial charge >= 0.3 is 0 Å². The first-order valence-electron chi connectivity index (χ1n) is 13.4. The Hall–Kier alpha value is -4.21. The normalized spacial score (nSPS) is 16.8. The van der Waals surface area contributed by atoms with Gasteiger partial charge in [-0.25, -0.2) is 23.3 Å². The summed E-state index contributed by atoms with van der Waals surface area (Å²) in [5.74, 6) is 0.818. The summed E-state index contributed by atoms with van der Waals surface area (Å²) in [7, 11) is 1.80. The molecule has 0 radical (unpaired) electrons. The Kier molecular flexibility index (Phi) is 5.64. The fourth-order valence-corrected chi connectivity index (χ4v) is 5.72. The van der Waals surface area contributed by atoms with Gasteiger partial charge in [0.2, 0.25) is 0 Å². The summed E-state index contributed by atoms with van der Waals surface area (Å²) in [6.07, 6.45) is 7.68. The van der Waals surface area contributed by atoms with Crippen molar-refractivity contribution in [3.8, 4) is 28.3 Å². The third kappa shape index (κ3) is 4.24. The molecule has 198 valence electrons. The maximum absolute atomic E-state index is 15.2. The van der Waals surface area contributed by atoms with Crippen LogP contribution in [0.5, 0.6) is 0 Å². The average molecular weight is 528 g/mol. The molecular formula is C29H27F2N7O. The smallest absolute Gasteiger partial charge is 0.283 e. The van der Waals surface area contributed by atoms with Crippen molar-refractivity contribution < 1.29 is 8.78 Å². The number of aromatic nitrogens is 7. The lowest BCUT2D eigenvalue weighted by Gasteiger charge is -2.14. The Bertz CT molecular complexity index is 1760. The standard InChI is InChI=1S/C29H27F2N7O/c1-37-15-33-36-28(37)21-12-19(30)8-9-20(21)18-10-22(16-6-7-16)34-25(11-18)38-14-32-24-13-23(35-27(24)29(38)39)26(31)17-4-2-3-5-17/h8-17,26,35H,2-7H2,1H3. The molecule has 0 spiro atoms.